The first-order valence-corrected chi connectivity index (χ1v) is 8.05. The van der Waals surface area contributed by atoms with E-state index in [4.69, 9.17) is 4.74 Å². The summed E-state index contributed by atoms with van der Waals surface area (Å²) in [5.74, 6) is 0.783. The molecule has 114 valence electrons. The van der Waals surface area contributed by atoms with Crippen LogP contribution in [0.5, 0.6) is 5.75 Å². The van der Waals surface area contributed by atoms with Gasteiger partial charge in [0.25, 0.3) is 0 Å². The highest BCUT2D eigenvalue weighted by Gasteiger charge is 2.04. The number of thiazole rings is 1. The van der Waals surface area contributed by atoms with Crippen LogP contribution in [0.25, 0.3) is 4.96 Å². The van der Waals surface area contributed by atoms with Crippen molar-refractivity contribution in [3.63, 3.8) is 0 Å². The number of rotatable bonds is 7. The number of para-hydroxylation sites is 1. The molecule has 0 saturated carbocycles. The highest BCUT2D eigenvalue weighted by Crippen LogP contribution is 2.11. The Kier molecular flexibility index (Phi) is 4.70. The zero-order valence-electron chi connectivity index (χ0n) is 12.1. The molecule has 2 aromatic heterocycles. The van der Waals surface area contributed by atoms with Crippen molar-refractivity contribution in [1.82, 2.24) is 14.7 Å². The van der Waals surface area contributed by atoms with Crippen molar-refractivity contribution >= 4 is 22.2 Å². The number of carbonyl (C=O) groups excluding carboxylic acids is 1. The second-order valence-electron chi connectivity index (χ2n) is 4.84. The van der Waals surface area contributed by atoms with Crippen molar-refractivity contribution in [2.45, 2.75) is 12.8 Å². The van der Waals surface area contributed by atoms with Crippen LogP contribution < -0.4 is 10.1 Å². The number of carbonyl (C=O) groups is 1. The van der Waals surface area contributed by atoms with Crippen molar-refractivity contribution in [3.05, 3.63) is 53.8 Å². The van der Waals surface area contributed by atoms with Gasteiger partial charge in [-0.05, 0) is 12.1 Å². The Hall–Kier alpha value is -2.34. The van der Waals surface area contributed by atoms with E-state index in [-0.39, 0.29) is 5.91 Å². The lowest BCUT2D eigenvalue weighted by molar-refractivity contribution is -0.121. The summed E-state index contributed by atoms with van der Waals surface area (Å²) < 4.78 is 7.49. The van der Waals surface area contributed by atoms with E-state index in [1.807, 2.05) is 52.5 Å². The number of ether oxygens (including phenoxy) is 1. The second-order valence-corrected chi connectivity index (χ2v) is 5.71. The number of aromatic nitrogens is 2. The summed E-state index contributed by atoms with van der Waals surface area (Å²) in [6, 6.07) is 9.50. The summed E-state index contributed by atoms with van der Waals surface area (Å²) in [6.45, 7) is 0.977. The monoisotopic (exact) mass is 315 g/mol. The second kappa shape index (κ2) is 7.09. The maximum Gasteiger partial charge on any atom is 0.223 e. The van der Waals surface area contributed by atoms with Gasteiger partial charge in [-0.1, -0.05) is 18.2 Å². The van der Waals surface area contributed by atoms with E-state index in [2.05, 4.69) is 10.3 Å². The van der Waals surface area contributed by atoms with Crippen LogP contribution in [0, 0.1) is 0 Å². The molecule has 0 aliphatic heterocycles. The van der Waals surface area contributed by atoms with Crippen molar-refractivity contribution in [3.8, 4) is 5.75 Å². The number of nitrogens with zero attached hydrogens (tertiary/aromatic N) is 2. The maximum absolute atomic E-state index is 11.7. The molecule has 5 nitrogen and oxygen atoms in total. The minimum Gasteiger partial charge on any atom is -0.493 e. The van der Waals surface area contributed by atoms with Crippen LogP contribution in [-0.4, -0.2) is 28.4 Å². The van der Waals surface area contributed by atoms with Crippen molar-refractivity contribution in [2.75, 3.05) is 13.2 Å². The van der Waals surface area contributed by atoms with E-state index in [1.165, 1.54) is 0 Å². The SMILES string of the molecule is O=C(CCOc1ccccc1)NCCc1cn2ccsc2n1. The normalized spacial score (nSPS) is 10.7. The van der Waals surface area contributed by atoms with Crippen LogP contribution in [-0.2, 0) is 11.2 Å². The van der Waals surface area contributed by atoms with E-state index in [9.17, 15) is 4.79 Å². The molecule has 0 spiro atoms. The first kappa shape index (κ1) is 14.6. The molecule has 0 fully saturated rings. The van der Waals surface area contributed by atoms with Gasteiger partial charge in [-0.15, -0.1) is 11.3 Å². The molecule has 0 bridgehead atoms. The number of hydrogen-bond acceptors (Lipinski definition) is 4. The molecule has 0 aliphatic carbocycles. The number of fused-ring (bicyclic) bond motifs is 1. The van der Waals surface area contributed by atoms with Gasteiger partial charge in [-0.2, -0.15) is 0 Å². The van der Waals surface area contributed by atoms with Crippen molar-refractivity contribution < 1.29 is 9.53 Å². The smallest absolute Gasteiger partial charge is 0.223 e. The van der Waals surface area contributed by atoms with Crippen LogP contribution in [0.1, 0.15) is 12.1 Å². The van der Waals surface area contributed by atoms with Gasteiger partial charge < -0.3 is 10.1 Å². The first-order chi connectivity index (χ1) is 10.8. The number of imidazole rings is 1. The van der Waals surface area contributed by atoms with Crippen LogP contribution in [0.3, 0.4) is 0 Å². The third kappa shape index (κ3) is 3.85. The van der Waals surface area contributed by atoms with E-state index >= 15 is 0 Å². The average molecular weight is 315 g/mol. The molecule has 0 atom stereocenters. The third-order valence-electron chi connectivity index (χ3n) is 3.19. The lowest BCUT2D eigenvalue weighted by atomic mass is 10.3. The summed E-state index contributed by atoms with van der Waals surface area (Å²) in [5.41, 5.74) is 0.993. The Labute approximate surface area is 132 Å². The molecular formula is C16H17N3O2S. The lowest BCUT2D eigenvalue weighted by Crippen LogP contribution is -2.27. The van der Waals surface area contributed by atoms with Crippen molar-refractivity contribution in [2.24, 2.45) is 0 Å². The Balaban J connectivity index is 1.35. The van der Waals surface area contributed by atoms with Gasteiger partial charge in [-0.3, -0.25) is 9.20 Å². The zero-order chi connectivity index (χ0) is 15.2. The maximum atomic E-state index is 11.7. The quantitative estimate of drug-likeness (QED) is 0.729. The molecule has 1 amide bonds. The van der Waals surface area contributed by atoms with Crippen LogP contribution in [0.2, 0.25) is 0 Å². The van der Waals surface area contributed by atoms with E-state index in [1.54, 1.807) is 11.3 Å². The van der Waals surface area contributed by atoms with E-state index in [0.717, 1.165) is 22.8 Å². The molecular weight excluding hydrogens is 298 g/mol. The summed E-state index contributed by atoms with van der Waals surface area (Å²) in [4.78, 5) is 17.2. The number of amides is 1. The Morgan fingerprint density at radius 2 is 2.18 bits per heavy atom. The molecule has 3 aromatic rings. The van der Waals surface area contributed by atoms with Gasteiger partial charge in [0.05, 0.1) is 18.7 Å². The van der Waals surface area contributed by atoms with Gasteiger partial charge in [0, 0.05) is 30.7 Å². The number of nitrogens with one attached hydrogen (secondary N) is 1. The molecule has 22 heavy (non-hydrogen) atoms. The molecule has 0 saturated heterocycles. The zero-order valence-corrected chi connectivity index (χ0v) is 12.9. The standard InChI is InChI=1S/C16H17N3O2S/c20-15(7-10-21-14-4-2-1-3-5-14)17-8-6-13-12-19-9-11-22-16(19)18-13/h1-5,9,11-12H,6-8,10H2,(H,17,20). The van der Waals surface area contributed by atoms with Gasteiger partial charge in [0.2, 0.25) is 5.91 Å². The molecule has 1 N–H and O–H groups in total. The average Bonchev–Trinajstić information content (AvgIpc) is 3.09. The third-order valence-corrected chi connectivity index (χ3v) is 3.96. The fourth-order valence-electron chi connectivity index (χ4n) is 2.09. The van der Waals surface area contributed by atoms with E-state index < -0.39 is 0 Å². The van der Waals surface area contributed by atoms with Gasteiger partial charge >= 0.3 is 0 Å². The molecule has 3 rings (SSSR count). The molecule has 1 aromatic carbocycles. The predicted molar refractivity (Wildman–Crippen MR) is 86.3 cm³/mol. The summed E-state index contributed by atoms with van der Waals surface area (Å²) in [5, 5.41) is 4.89. The first-order valence-electron chi connectivity index (χ1n) is 7.17. The molecule has 2 heterocycles. The highest BCUT2D eigenvalue weighted by atomic mass is 32.1. The van der Waals surface area contributed by atoms with Gasteiger partial charge in [-0.25, -0.2) is 4.98 Å². The topological polar surface area (TPSA) is 55.6 Å². The minimum atomic E-state index is -0.00282. The summed E-state index contributed by atoms with van der Waals surface area (Å²) in [7, 11) is 0. The molecule has 0 radical (unpaired) electrons. The van der Waals surface area contributed by atoms with E-state index in [0.29, 0.717) is 19.6 Å². The van der Waals surface area contributed by atoms with Crippen LogP contribution in [0.15, 0.2) is 48.1 Å². The fourth-order valence-corrected chi connectivity index (χ4v) is 2.81. The molecule has 0 unspecified atom stereocenters. The predicted octanol–water partition coefficient (Wildman–Crippen LogP) is 2.52. The molecule has 6 heteroatoms. The molecule has 0 aliphatic rings. The van der Waals surface area contributed by atoms with Gasteiger partial charge in [0.15, 0.2) is 4.96 Å². The van der Waals surface area contributed by atoms with Crippen LogP contribution >= 0.6 is 11.3 Å². The minimum absolute atomic E-state index is 0.00282. The Bertz CT molecular complexity index is 708. The number of benzene rings is 1. The largest absolute Gasteiger partial charge is 0.493 e. The fraction of sp³-hybridized carbons (Fsp3) is 0.250. The highest BCUT2D eigenvalue weighted by molar-refractivity contribution is 7.15. The number of hydrogen-bond donors (Lipinski definition) is 1. The summed E-state index contributed by atoms with van der Waals surface area (Å²) >= 11 is 1.60. The lowest BCUT2D eigenvalue weighted by Gasteiger charge is -2.06. The Morgan fingerprint density at radius 1 is 1.32 bits per heavy atom. The van der Waals surface area contributed by atoms with Crippen LogP contribution in [0.4, 0.5) is 0 Å². The Morgan fingerprint density at radius 3 is 3.00 bits per heavy atom. The van der Waals surface area contributed by atoms with Gasteiger partial charge in [0.1, 0.15) is 5.75 Å². The van der Waals surface area contributed by atoms with Crippen molar-refractivity contribution in [1.29, 1.82) is 0 Å². The summed E-state index contributed by atoms with van der Waals surface area (Å²) in [6.07, 6.45) is 5.07.